The van der Waals surface area contributed by atoms with Crippen molar-refractivity contribution in [3.63, 3.8) is 0 Å². The van der Waals surface area contributed by atoms with E-state index in [9.17, 15) is 0 Å². The van der Waals surface area contributed by atoms with Gasteiger partial charge in [0.15, 0.2) is 0 Å². The average Bonchev–Trinajstić information content (AvgIpc) is 2.36. The summed E-state index contributed by atoms with van der Waals surface area (Å²) in [7, 11) is 0. The number of aromatic nitrogens is 1. The Kier molecular flexibility index (Phi) is 2.65. The van der Waals surface area contributed by atoms with Crippen molar-refractivity contribution in [1.82, 2.24) is 9.88 Å². The first-order chi connectivity index (χ1) is 7.84. The Morgan fingerprint density at radius 3 is 2.81 bits per heavy atom. The number of nitrogens with two attached hydrogens (primary N) is 1. The van der Waals surface area contributed by atoms with Crippen LogP contribution in [0.15, 0.2) is 24.5 Å². The summed E-state index contributed by atoms with van der Waals surface area (Å²) in [6.45, 7) is 2.48. The third kappa shape index (κ3) is 1.74. The van der Waals surface area contributed by atoms with Gasteiger partial charge in [-0.2, -0.15) is 0 Å². The molecule has 1 aromatic rings. The van der Waals surface area contributed by atoms with E-state index < -0.39 is 0 Å². The van der Waals surface area contributed by atoms with E-state index in [0.29, 0.717) is 12.1 Å². The van der Waals surface area contributed by atoms with Crippen molar-refractivity contribution in [2.75, 3.05) is 13.1 Å². The van der Waals surface area contributed by atoms with E-state index in [0.717, 1.165) is 12.3 Å². The monoisotopic (exact) mass is 217 g/mol. The van der Waals surface area contributed by atoms with Gasteiger partial charge in [-0.05, 0) is 49.9 Å². The van der Waals surface area contributed by atoms with Crippen LogP contribution in [0.25, 0.3) is 0 Å². The zero-order valence-corrected chi connectivity index (χ0v) is 9.55. The maximum atomic E-state index is 6.35. The summed E-state index contributed by atoms with van der Waals surface area (Å²) in [6.07, 6.45) is 7.45. The minimum atomic E-state index is 0.364. The zero-order valence-electron chi connectivity index (χ0n) is 9.55. The van der Waals surface area contributed by atoms with E-state index in [2.05, 4.69) is 16.0 Å². The summed E-state index contributed by atoms with van der Waals surface area (Å²) in [4.78, 5) is 6.75. The summed E-state index contributed by atoms with van der Waals surface area (Å²) in [6, 6.07) is 5.07. The fourth-order valence-electron chi connectivity index (χ4n) is 3.22. The third-order valence-electron chi connectivity index (χ3n) is 4.20. The molecular weight excluding hydrogens is 198 g/mol. The number of rotatable bonds is 2. The van der Waals surface area contributed by atoms with Gasteiger partial charge < -0.3 is 5.73 Å². The van der Waals surface area contributed by atoms with Crippen LogP contribution in [-0.2, 0) is 6.42 Å². The Bertz CT molecular complexity index is 341. The Hall–Kier alpha value is -0.930. The Balaban J connectivity index is 1.75. The van der Waals surface area contributed by atoms with E-state index in [1.54, 1.807) is 0 Å². The van der Waals surface area contributed by atoms with Gasteiger partial charge in [0.1, 0.15) is 0 Å². The fourth-order valence-corrected chi connectivity index (χ4v) is 3.22. The van der Waals surface area contributed by atoms with E-state index in [1.165, 1.54) is 31.5 Å². The van der Waals surface area contributed by atoms with E-state index in [1.807, 2.05) is 18.5 Å². The van der Waals surface area contributed by atoms with Crippen molar-refractivity contribution in [1.29, 1.82) is 0 Å². The number of hydrogen-bond donors (Lipinski definition) is 1. The highest BCUT2D eigenvalue weighted by Gasteiger charge is 2.39. The van der Waals surface area contributed by atoms with Crippen LogP contribution in [0.2, 0.25) is 0 Å². The van der Waals surface area contributed by atoms with Gasteiger partial charge in [-0.15, -0.1) is 0 Å². The van der Waals surface area contributed by atoms with Crippen molar-refractivity contribution < 1.29 is 0 Å². The van der Waals surface area contributed by atoms with Gasteiger partial charge in [0.2, 0.25) is 0 Å². The first kappa shape index (κ1) is 10.2. The molecule has 0 aromatic carbocycles. The molecule has 86 valence electrons. The summed E-state index contributed by atoms with van der Waals surface area (Å²) < 4.78 is 0. The maximum absolute atomic E-state index is 6.35. The van der Waals surface area contributed by atoms with Crippen LogP contribution in [0, 0.1) is 5.92 Å². The minimum Gasteiger partial charge on any atom is -0.326 e. The second-order valence-electron chi connectivity index (χ2n) is 5.08. The van der Waals surface area contributed by atoms with Gasteiger partial charge in [0.25, 0.3) is 0 Å². The quantitative estimate of drug-likeness (QED) is 0.805. The molecule has 2 atom stereocenters. The maximum Gasteiger partial charge on any atom is 0.0300 e. The Labute approximate surface area is 96.7 Å². The highest BCUT2D eigenvalue weighted by atomic mass is 15.2. The predicted octanol–water partition coefficient (Wildman–Crippen LogP) is 1.05. The van der Waals surface area contributed by atoms with Crippen LogP contribution in [-0.4, -0.2) is 35.1 Å². The lowest BCUT2D eigenvalue weighted by atomic mass is 9.77. The molecule has 0 amide bonds. The number of hydrogen-bond acceptors (Lipinski definition) is 3. The number of nitrogens with zero attached hydrogens (tertiary/aromatic N) is 2. The Morgan fingerprint density at radius 2 is 2.19 bits per heavy atom. The van der Waals surface area contributed by atoms with Crippen LogP contribution in [0.3, 0.4) is 0 Å². The van der Waals surface area contributed by atoms with Gasteiger partial charge >= 0.3 is 0 Å². The molecule has 3 aliphatic rings. The van der Waals surface area contributed by atoms with Crippen LogP contribution < -0.4 is 5.73 Å². The second kappa shape index (κ2) is 4.15. The standard InChI is InChI=1S/C13H19N3/c14-13-11-3-6-16(7-4-11)12(13)8-10-2-1-5-15-9-10/h1-2,5,9,11-13H,3-4,6-8,14H2/t12?,13-/m1/s1. The smallest absolute Gasteiger partial charge is 0.0300 e. The molecule has 4 rings (SSSR count). The largest absolute Gasteiger partial charge is 0.326 e. The predicted molar refractivity (Wildman–Crippen MR) is 64.0 cm³/mol. The van der Waals surface area contributed by atoms with Crippen molar-refractivity contribution in [2.24, 2.45) is 11.7 Å². The molecular formula is C13H19N3. The molecule has 2 bridgehead atoms. The van der Waals surface area contributed by atoms with Gasteiger partial charge in [-0.3, -0.25) is 9.88 Å². The minimum absolute atomic E-state index is 0.364. The highest BCUT2D eigenvalue weighted by molar-refractivity contribution is 5.13. The topological polar surface area (TPSA) is 42.1 Å². The summed E-state index contributed by atoms with van der Waals surface area (Å²) in [5.74, 6) is 0.756. The average molecular weight is 217 g/mol. The van der Waals surface area contributed by atoms with E-state index in [-0.39, 0.29) is 0 Å². The molecule has 3 aliphatic heterocycles. The van der Waals surface area contributed by atoms with Gasteiger partial charge in [-0.1, -0.05) is 6.07 Å². The zero-order chi connectivity index (χ0) is 11.0. The summed E-state index contributed by atoms with van der Waals surface area (Å²) in [5.41, 5.74) is 7.67. The SMILES string of the molecule is N[C@@H]1C2CCN(CC2)C1Cc1cccnc1. The fraction of sp³-hybridized carbons (Fsp3) is 0.615. The molecule has 2 N–H and O–H groups in total. The molecule has 3 saturated heterocycles. The molecule has 4 heterocycles. The number of pyridine rings is 1. The lowest BCUT2D eigenvalue weighted by molar-refractivity contribution is 0.0287. The molecule has 3 heteroatoms. The molecule has 0 spiro atoms. The van der Waals surface area contributed by atoms with Crippen molar-refractivity contribution in [3.8, 4) is 0 Å². The lowest BCUT2D eigenvalue weighted by Gasteiger charge is -2.49. The van der Waals surface area contributed by atoms with Crippen LogP contribution in [0.4, 0.5) is 0 Å². The molecule has 0 saturated carbocycles. The highest BCUT2D eigenvalue weighted by Crippen LogP contribution is 2.32. The molecule has 0 radical (unpaired) electrons. The molecule has 16 heavy (non-hydrogen) atoms. The molecule has 3 nitrogen and oxygen atoms in total. The number of fused-ring (bicyclic) bond motifs is 3. The number of piperidine rings is 3. The van der Waals surface area contributed by atoms with Crippen LogP contribution >= 0.6 is 0 Å². The van der Waals surface area contributed by atoms with E-state index >= 15 is 0 Å². The lowest BCUT2D eigenvalue weighted by Crippen LogP contribution is -2.61. The third-order valence-corrected chi connectivity index (χ3v) is 4.20. The van der Waals surface area contributed by atoms with Gasteiger partial charge in [0, 0.05) is 24.5 Å². The van der Waals surface area contributed by atoms with Crippen molar-refractivity contribution in [3.05, 3.63) is 30.1 Å². The first-order valence-electron chi connectivity index (χ1n) is 6.23. The Morgan fingerprint density at radius 1 is 1.38 bits per heavy atom. The van der Waals surface area contributed by atoms with Crippen molar-refractivity contribution >= 4 is 0 Å². The normalized spacial score (nSPS) is 37.6. The second-order valence-corrected chi connectivity index (χ2v) is 5.08. The summed E-state index contributed by atoms with van der Waals surface area (Å²) >= 11 is 0. The summed E-state index contributed by atoms with van der Waals surface area (Å²) in [5, 5.41) is 0. The molecule has 3 fully saturated rings. The van der Waals surface area contributed by atoms with Crippen LogP contribution in [0.1, 0.15) is 18.4 Å². The van der Waals surface area contributed by atoms with Gasteiger partial charge in [0.05, 0.1) is 0 Å². The first-order valence-corrected chi connectivity index (χ1v) is 6.23. The van der Waals surface area contributed by atoms with Crippen LogP contribution in [0.5, 0.6) is 0 Å². The molecule has 0 aliphatic carbocycles. The molecule has 1 unspecified atom stereocenters. The molecule has 1 aromatic heterocycles. The van der Waals surface area contributed by atoms with E-state index in [4.69, 9.17) is 5.73 Å². The van der Waals surface area contributed by atoms with Crippen molar-refractivity contribution in [2.45, 2.75) is 31.3 Å². The van der Waals surface area contributed by atoms with Gasteiger partial charge in [-0.25, -0.2) is 0 Å².